The standard InChI is InChI=1S/C15H14BrFN2O2/c1-21-12-6-7-13(16)14(8-12)18-9-15(20)19-11-4-2-10(17)3-5-11/h2-8,18H,9H2,1H3,(H,19,20). The highest BCUT2D eigenvalue weighted by Crippen LogP contribution is 2.26. The second-order valence-corrected chi connectivity index (χ2v) is 5.11. The van der Waals surface area contributed by atoms with Gasteiger partial charge in [-0.25, -0.2) is 4.39 Å². The van der Waals surface area contributed by atoms with E-state index in [9.17, 15) is 9.18 Å². The Labute approximate surface area is 130 Å². The highest BCUT2D eigenvalue weighted by Gasteiger charge is 2.06. The van der Waals surface area contributed by atoms with Gasteiger partial charge in [0.25, 0.3) is 0 Å². The lowest BCUT2D eigenvalue weighted by molar-refractivity contribution is -0.114. The fourth-order valence-electron chi connectivity index (χ4n) is 1.68. The summed E-state index contributed by atoms with van der Waals surface area (Å²) >= 11 is 3.39. The number of rotatable bonds is 5. The second-order valence-electron chi connectivity index (χ2n) is 4.25. The lowest BCUT2D eigenvalue weighted by Gasteiger charge is -2.10. The summed E-state index contributed by atoms with van der Waals surface area (Å²) in [4.78, 5) is 11.8. The zero-order valence-corrected chi connectivity index (χ0v) is 12.9. The van der Waals surface area contributed by atoms with Gasteiger partial charge in [0.1, 0.15) is 11.6 Å². The molecule has 2 N–H and O–H groups in total. The minimum Gasteiger partial charge on any atom is -0.497 e. The molecule has 2 aromatic carbocycles. The Kier molecular flexibility index (Phi) is 5.16. The van der Waals surface area contributed by atoms with Crippen molar-refractivity contribution in [2.75, 3.05) is 24.3 Å². The molecule has 0 unspecified atom stereocenters. The van der Waals surface area contributed by atoms with Crippen LogP contribution >= 0.6 is 15.9 Å². The van der Waals surface area contributed by atoms with Gasteiger partial charge in [-0.3, -0.25) is 4.79 Å². The van der Waals surface area contributed by atoms with Crippen molar-refractivity contribution in [1.82, 2.24) is 0 Å². The van der Waals surface area contributed by atoms with Crippen molar-refractivity contribution in [3.05, 3.63) is 52.8 Å². The number of nitrogens with one attached hydrogen (secondary N) is 2. The fraction of sp³-hybridized carbons (Fsp3) is 0.133. The molecule has 2 aromatic rings. The summed E-state index contributed by atoms with van der Waals surface area (Å²) in [5.41, 5.74) is 1.30. The average Bonchev–Trinajstić information content (AvgIpc) is 2.49. The number of amides is 1. The van der Waals surface area contributed by atoms with Crippen LogP contribution in [0.3, 0.4) is 0 Å². The van der Waals surface area contributed by atoms with Crippen LogP contribution in [0.25, 0.3) is 0 Å². The Morgan fingerprint density at radius 3 is 2.62 bits per heavy atom. The minimum absolute atomic E-state index is 0.0865. The molecule has 110 valence electrons. The Balaban J connectivity index is 1.93. The molecule has 1 amide bonds. The van der Waals surface area contributed by atoms with Crippen LogP contribution in [-0.2, 0) is 4.79 Å². The van der Waals surface area contributed by atoms with Gasteiger partial charge in [-0.2, -0.15) is 0 Å². The quantitative estimate of drug-likeness (QED) is 0.863. The Morgan fingerprint density at radius 2 is 1.95 bits per heavy atom. The van der Waals surface area contributed by atoms with E-state index in [0.29, 0.717) is 11.4 Å². The Hall–Kier alpha value is -2.08. The van der Waals surface area contributed by atoms with Gasteiger partial charge >= 0.3 is 0 Å². The molecule has 0 aromatic heterocycles. The van der Waals surface area contributed by atoms with Crippen molar-refractivity contribution in [1.29, 1.82) is 0 Å². The zero-order chi connectivity index (χ0) is 15.2. The van der Waals surface area contributed by atoms with E-state index in [0.717, 1.165) is 10.2 Å². The number of halogens is 2. The van der Waals surface area contributed by atoms with Gasteiger partial charge in [-0.15, -0.1) is 0 Å². The van der Waals surface area contributed by atoms with Gasteiger partial charge in [0.15, 0.2) is 0 Å². The third-order valence-electron chi connectivity index (χ3n) is 2.74. The summed E-state index contributed by atoms with van der Waals surface area (Å²) in [7, 11) is 1.58. The van der Waals surface area contributed by atoms with Crippen LogP contribution in [0.5, 0.6) is 5.75 Å². The first-order chi connectivity index (χ1) is 10.1. The van der Waals surface area contributed by atoms with Gasteiger partial charge in [0.05, 0.1) is 19.3 Å². The molecule has 0 radical (unpaired) electrons. The van der Waals surface area contributed by atoms with Crippen LogP contribution in [0.15, 0.2) is 46.9 Å². The monoisotopic (exact) mass is 352 g/mol. The Bertz CT molecular complexity index is 632. The highest BCUT2D eigenvalue weighted by atomic mass is 79.9. The summed E-state index contributed by atoms with van der Waals surface area (Å²) in [6, 6.07) is 11.0. The summed E-state index contributed by atoms with van der Waals surface area (Å²) < 4.78 is 18.7. The number of hydrogen-bond donors (Lipinski definition) is 2. The number of ether oxygens (including phenoxy) is 1. The van der Waals surface area contributed by atoms with Crippen molar-refractivity contribution in [3.63, 3.8) is 0 Å². The van der Waals surface area contributed by atoms with Crippen LogP contribution in [-0.4, -0.2) is 19.6 Å². The normalized spacial score (nSPS) is 10.0. The maximum atomic E-state index is 12.8. The predicted octanol–water partition coefficient (Wildman–Crippen LogP) is 3.65. The molecule has 0 spiro atoms. The van der Waals surface area contributed by atoms with Gasteiger partial charge in [-0.05, 0) is 52.3 Å². The summed E-state index contributed by atoms with van der Waals surface area (Å²) in [6.45, 7) is 0.0865. The smallest absolute Gasteiger partial charge is 0.243 e. The molecular formula is C15H14BrFN2O2. The zero-order valence-electron chi connectivity index (χ0n) is 11.3. The van der Waals surface area contributed by atoms with E-state index < -0.39 is 0 Å². The van der Waals surface area contributed by atoms with Crippen LogP contribution < -0.4 is 15.4 Å². The van der Waals surface area contributed by atoms with E-state index in [1.165, 1.54) is 24.3 Å². The van der Waals surface area contributed by atoms with Crippen molar-refractivity contribution < 1.29 is 13.9 Å². The summed E-state index contributed by atoms with van der Waals surface area (Å²) in [5.74, 6) is 0.127. The SMILES string of the molecule is COc1ccc(Br)c(NCC(=O)Nc2ccc(F)cc2)c1. The van der Waals surface area contributed by atoms with Gasteiger partial charge in [0, 0.05) is 16.2 Å². The van der Waals surface area contributed by atoms with Gasteiger partial charge in [0.2, 0.25) is 5.91 Å². The average molecular weight is 353 g/mol. The molecular weight excluding hydrogens is 339 g/mol. The molecule has 21 heavy (non-hydrogen) atoms. The van der Waals surface area contributed by atoms with Crippen LogP contribution in [0, 0.1) is 5.82 Å². The maximum absolute atomic E-state index is 12.8. The third kappa shape index (κ3) is 4.46. The molecule has 4 nitrogen and oxygen atoms in total. The Morgan fingerprint density at radius 1 is 1.24 bits per heavy atom. The van der Waals surface area contributed by atoms with Crippen LogP contribution in [0.2, 0.25) is 0 Å². The van der Waals surface area contributed by atoms with Crippen molar-refractivity contribution in [2.24, 2.45) is 0 Å². The van der Waals surface area contributed by atoms with Crippen LogP contribution in [0.1, 0.15) is 0 Å². The largest absolute Gasteiger partial charge is 0.497 e. The number of methoxy groups -OCH3 is 1. The van der Waals surface area contributed by atoms with E-state index in [-0.39, 0.29) is 18.3 Å². The number of carbonyl (C=O) groups is 1. The lowest BCUT2D eigenvalue weighted by Crippen LogP contribution is -2.21. The second kappa shape index (κ2) is 7.08. The first-order valence-electron chi connectivity index (χ1n) is 6.21. The molecule has 0 saturated carbocycles. The highest BCUT2D eigenvalue weighted by molar-refractivity contribution is 9.10. The fourth-order valence-corrected chi connectivity index (χ4v) is 2.07. The van der Waals surface area contributed by atoms with Gasteiger partial charge in [-0.1, -0.05) is 0 Å². The number of anilines is 2. The predicted molar refractivity (Wildman–Crippen MR) is 84.2 cm³/mol. The summed E-state index contributed by atoms with van der Waals surface area (Å²) in [6.07, 6.45) is 0. The number of hydrogen-bond acceptors (Lipinski definition) is 3. The van der Waals surface area contributed by atoms with E-state index in [1.807, 2.05) is 12.1 Å². The van der Waals surface area contributed by atoms with Crippen molar-refractivity contribution in [2.45, 2.75) is 0 Å². The van der Waals surface area contributed by atoms with E-state index in [1.54, 1.807) is 13.2 Å². The number of benzene rings is 2. The minimum atomic E-state index is -0.341. The molecule has 0 bridgehead atoms. The molecule has 0 fully saturated rings. The molecule has 0 aliphatic rings. The van der Waals surface area contributed by atoms with E-state index >= 15 is 0 Å². The maximum Gasteiger partial charge on any atom is 0.243 e. The third-order valence-corrected chi connectivity index (χ3v) is 3.43. The molecule has 6 heteroatoms. The molecule has 0 saturated heterocycles. The number of carbonyl (C=O) groups excluding carboxylic acids is 1. The van der Waals surface area contributed by atoms with Crippen molar-refractivity contribution >= 4 is 33.2 Å². The van der Waals surface area contributed by atoms with Crippen molar-refractivity contribution in [3.8, 4) is 5.75 Å². The molecule has 0 aliphatic carbocycles. The first-order valence-corrected chi connectivity index (χ1v) is 7.00. The lowest BCUT2D eigenvalue weighted by atomic mass is 10.3. The molecule has 0 heterocycles. The molecule has 0 aliphatic heterocycles. The topological polar surface area (TPSA) is 50.4 Å². The van der Waals surface area contributed by atoms with Gasteiger partial charge < -0.3 is 15.4 Å². The first kappa shape index (κ1) is 15.3. The molecule has 0 atom stereocenters. The van der Waals surface area contributed by atoms with Crippen LogP contribution in [0.4, 0.5) is 15.8 Å². The molecule has 2 rings (SSSR count). The summed E-state index contributed by atoms with van der Waals surface area (Å²) in [5, 5.41) is 5.68. The van der Waals surface area contributed by atoms with E-state index in [2.05, 4.69) is 26.6 Å². The van der Waals surface area contributed by atoms with E-state index in [4.69, 9.17) is 4.74 Å².